The van der Waals surface area contributed by atoms with Crippen molar-refractivity contribution >= 4 is 5.91 Å². The minimum absolute atomic E-state index is 0.187. The minimum atomic E-state index is -0.318. The van der Waals surface area contributed by atoms with E-state index in [2.05, 4.69) is 5.32 Å². The van der Waals surface area contributed by atoms with Crippen LogP contribution in [0.4, 0.5) is 0 Å². The number of likely N-dealkylation sites (tertiary alicyclic amines) is 1. The van der Waals surface area contributed by atoms with Crippen molar-refractivity contribution in [3.05, 3.63) is 23.8 Å². The number of hydrogen-bond acceptors (Lipinski definition) is 4. The summed E-state index contributed by atoms with van der Waals surface area (Å²) in [7, 11) is 0. The summed E-state index contributed by atoms with van der Waals surface area (Å²) in [6.45, 7) is 2.55. The van der Waals surface area contributed by atoms with Gasteiger partial charge in [-0.2, -0.15) is 0 Å². The van der Waals surface area contributed by atoms with Crippen LogP contribution in [0.3, 0.4) is 0 Å². The van der Waals surface area contributed by atoms with Crippen molar-refractivity contribution in [2.45, 2.75) is 31.7 Å². The monoisotopic (exact) mass is 290 g/mol. The second kappa shape index (κ2) is 5.93. The Kier molecular flexibility index (Phi) is 4.01. The number of phenolic OH excluding ortho intramolecular Hbond substituents is 2. The number of benzene rings is 1. The third-order valence-electron chi connectivity index (χ3n) is 4.74. The molecule has 2 saturated heterocycles. The number of aromatic hydroxyl groups is 2. The number of carbonyl (C=O) groups excluding carboxylic acids is 1. The predicted octanol–water partition coefficient (Wildman–Crippen LogP) is 1.70. The molecule has 114 valence electrons. The molecule has 0 radical (unpaired) electrons. The van der Waals surface area contributed by atoms with Crippen molar-refractivity contribution in [2.75, 3.05) is 19.6 Å². The standard InChI is InChI=1S/C16H22N2O3/c19-14-5-1-3-12(15(14)20)16(21)18-9-6-11(7-10-18)13-4-2-8-17-13/h1,3,5,11,13,17,19-20H,2,4,6-10H2. The maximum absolute atomic E-state index is 12.4. The molecular weight excluding hydrogens is 268 g/mol. The number of nitrogens with one attached hydrogen (secondary N) is 1. The Labute approximate surface area is 124 Å². The molecule has 0 bridgehead atoms. The highest BCUT2D eigenvalue weighted by molar-refractivity contribution is 5.97. The number of carbonyl (C=O) groups is 1. The molecule has 2 aliphatic rings. The lowest BCUT2D eigenvalue weighted by molar-refractivity contribution is 0.0670. The van der Waals surface area contributed by atoms with Crippen LogP contribution in [0.5, 0.6) is 11.5 Å². The SMILES string of the molecule is O=C(c1cccc(O)c1O)N1CCC(C2CCCN2)CC1. The summed E-state index contributed by atoms with van der Waals surface area (Å²) < 4.78 is 0. The lowest BCUT2D eigenvalue weighted by Crippen LogP contribution is -2.43. The van der Waals surface area contributed by atoms with Gasteiger partial charge >= 0.3 is 0 Å². The lowest BCUT2D eigenvalue weighted by Gasteiger charge is -2.35. The fourth-order valence-corrected chi connectivity index (χ4v) is 3.49. The third-order valence-corrected chi connectivity index (χ3v) is 4.74. The van der Waals surface area contributed by atoms with Gasteiger partial charge in [0, 0.05) is 19.1 Å². The largest absolute Gasteiger partial charge is 0.504 e. The zero-order chi connectivity index (χ0) is 14.8. The molecule has 1 unspecified atom stereocenters. The van der Waals surface area contributed by atoms with Gasteiger partial charge in [0.15, 0.2) is 11.5 Å². The molecule has 2 heterocycles. The second-order valence-electron chi connectivity index (χ2n) is 6.01. The van der Waals surface area contributed by atoms with Crippen LogP contribution in [0.15, 0.2) is 18.2 Å². The number of piperidine rings is 1. The van der Waals surface area contributed by atoms with Crippen molar-refractivity contribution in [3.8, 4) is 11.5 Å². The quantitative estimate of drug-likeness (QED) is 0.725. The van der Waals surface area contributed by atoms with E-state index < -0.39 is 0 Å². The smallest absolute Gasteiger partial charge is 0.257 e. The van der Waals surface area contributed by atoms with Crippen LogP contribution in [0, 0.1) is 5.92 Å². The van der Waals surface area contributed by atoms with Gasteiger partial charge in [0.2, 0.25) is 0 Å². The van der Waals surface area contributed by atoms with Gasteiger partial charge in [-0.1, -0.05) is 6.07 Å². The maximum atomic E-state index is 12.4. The lowest BCUT2D eigenvalue weighted by atomic mass is 9.88. The normalized spacial score (nSPS) is 23.4. The number of nitrogens with zero attached hydrogens (tertiary/aromatic N) is 1. The summed E-state index contributed by atoms with van der Waals surface area (Å²) in [5.41, 5.74) is 0.187. The number of phenols is 2. The molecule has 1 aromatic rings. The Balaban J connectivity index is 1.63. The van der Waals surface area contributed by atoms with E-state index in [9.17, 15) is 15.0 Å². The first-order valence-electron chi connectivity index (χ1n) is 7.70. The Morgan fingerprint density at radius 2 is 1.95 bits per heavy atom. The number of amides is 1. The van der Waals surface area contributed by atoms with E-state index in [1.807, 2.05) is 0 Å². The first kappa shape index (κ1) is 14.2. The van der Waals surface area contributed by atoms with E-state index in [-0.39, 0.29) is 23.0 Å². The highest BCUT2D eigenvalue weighted by atomic mass is 16.3. The van der Waals surface area contributed by atoms with E-state index >= 15 is 0 Å². The van der Waals surface area contributed by atoms with Crippen LogP contribution in [0.1, 0.15) is 36.0 Å². The molecule has 0 aliphatic carbocycles. The minimum Gasteiger partial charge on any atom is -0.504 e. The van der Waals surface area contributed by atoms with E-state index in [1.165, 1.54) is 18.9 Å². The number of rotatable bonds is 2. The highest BCUT2D eigenvalue weighted by Gasteiger charge is 2.31. The zero-order valence-electron chi connectivity index (χ0n) is 12.1. The number of hydrogen-bond donors (Lipinski definition) is 3. The van der Waals surface area contributed by atoms with Gasteiger partial charge < -0.3 is 20.4 Å². The molecule has 1 amide bonds. The Bertz CT molecular complexity index is 518. The molecule has 1 aromatic carbocycles. The summed E-state index contributed by atoms with van der Waals surface area (Å²) in [5, 5.41) is 22.9. The van der Waals surface area contributed by atoms with Gasteiger partial charge in [0.25, 0.3) is 5.91 Å². The van der Waals surface area contributed by atoms with Crippen molar-refractivity contribution in [2.24, 2.45) is 5.92 Å². The van der Waals surface area contributed by atoms with Crippen LogP contribution < -0.4 is 5.32 Å². The second-order valence-corrected chi connectivity index (χ2v) is 6.01. The van der Waals surface area contributed by atoms with Crippen molar-refractivity contribution in [1.82, 2.24) is 10.2 Å². The average Bonchev–Trinajstić information content (AvgIpc) is 3.04. The molecule has 0 saturated carbocycles. The van der Waals surface area contributed by atoms with E-state index in [1.54, 1.807) is 17.0 Å². The van der Waals surface area contributed by atoms with Crippen LogP contribution in [-0.4, -0.2) is 46.7 Å². The Morgan fingerprint density at radius 1 is 1.19 bits per heavy atom. The summed E-state index contributed by atoms with van der Waals surface area (Å²) in [5.74, 6) is -0.108. The summed E-state index contributed by atoms with van der Waals surface area (Å²) in [4.78, 5) is 14.2. The fraction of sp³-hybridized carbons (Fsp3) is 0.562. The molecule has 2 aliphatic heterocycles. The van der Waals surface area contributed by atoms with E-state index in [0.717, 1.165) is 32.5 Å². The van der Waals surface area contributed by atoms with Gasteiger partial charge in [0.1, 0.15) is 0 Å². The zero-order valence-corrected chi connectivity index (χ0v) is 12.1. The summed E-state index contributed by atoms with van der Waals surface area (Å²) in [6, 6.07) is 5.13. The molecule has 5 nitrogen and oxygen atoms in total. The average molecular weight is 290 g/mol. The van der Waals surface area contributed by atoms with Gasteiger partial charge in [-0.15, -0.1) is 0 Å². The predicted molar refractivity (Wildman–Crippen MR) is 79.4 cm³/mol. The van der Waals surface area contributed by atoms with E-state index in [4.69, 9.17) is 0 Å². The van der Waals surface area contributed by atoms with Crippen molar-refractivity contribution < 1.29 is 15.0 Å². The van der Waals surface area contributed by atoms with Gasteiger partial charge in [0.05, 0.1) is 5.56 Å². The summed E-state index contributed by atoms with van der Waals surface area (Å²) in [6.07, 6.45) is 4.50. The molecule has 0 spiro atoms. The van der Waals surface area contributed by atoms with Crippen LogP contribution in [-0.2, 0) is 0 Å². The highest BCUT2D eigenvalue weighted by Crippen LogP contribution is 2.31. The first-order valence-corrected chi connectivity index (χ1v) is 7.70. The fourth-order valence-electron chi connectivity index (χ4n) is 3.49. The molecule has 2 fully saturated rings. The molecule has 21 heavy (non-hydrogen) atoms. The van der Waals surface area contributed by atoms with Crippen LogP contribution in [0.25, 0.3) is 0 Å². The molecule has 0 aromatic heterocycles. The molecule has 5 heteroatoms. The molecule has 3 N–H and O–H groups in total. The topological polar surface area (TPSA) is 72.8 Å². The molecule has 3 rings (SSSR count). The number of para-hydroxylation sites is 1. The van der Waals surface area contributed by atoms with E-state index in [0.29, 0.717) is 12.0 Å². The third kappa shape index (κ3) is 2.83. The van der Waals surface area contributed by atoms with Gasteiger partial charge in [-0.3, -0.25) is 4.79 Å². The molecular formula is C16H22N2O3. The molecule has 1 atom stereocenters. The summed E-state index contributed by atoms with van der Waals surface area (Å²) >= 11 is 0. The maximum Gasteiger partial charge on any atom is 0.257 e. The first-order chi connectivity index (χ1) is 10.2. The Morgan fingerprint density at radius 3 is 2.62 bits per heavy atom. The van der Waals surface area contributed by atoms with Crippen LogP contribution in [0.2, 0.25) is 0 Å². The van der Waals surface area contributed by atoms with Gasteiger partial charge in [-0.05, 0) is 50.3 Å². The van der Waals surface area contributed by atoms with Gasteiger partial charge in [-0.25, -0.2) is 0 Å². The van der Waals surface area contributed by atoms with Crippen molar-refractivity contribution in [3.63, 3.8) is 0 Å². The Hall–Kier alpha value is -1.75. The van der Waals surface area contributed by atoms with Crippen LogP contribution >= 0.6 is 0 Å². The van der Waals surface area contributed by atoms with Crippen molar-refractivity contribution in [1.29, 1.82) is 0 Å².